The summed E-state index contributed by atoms with van der Waals surface area (Å²) in [7, 11) is 0. The molecule has 3 rings (SSSR count). The van der Waals surface area contributed by atoms with Gasteiger partial charge in [-0.3, -0.25) is 4.79 Å². The number of carbonyl (C=O) groups excluding carboxylic acids is 1. The summed E-state index contributed by atoms with van der Waals surface area (Å²) in [6.45, 7) is 0.761. The van der Waals surface area contributed by atoms with Crippen LogP contribution in [0, 0.1) is 0 Å². The monoisotopic (exact) mass is 330 g/mol. The molecule has 0 spiro atoms. The molecule has 2 heterocycles. The van der Waals surface area contributed by atoms with Crippen molar-refractivity contribution in [2.45, 2.75) is 19.3 Å². The Kier molecular flexibility index (Phi) is 3.83. The van der Waals surface area contributed by atoms with Crippen molar-refractivity contribution in [3.63, 3.8) is 0 Å². The molecule has 0 aliphatic carbocycles. The molecule has 4 heteroatoms. The summed E-state index contributed by atoms with van der Waals surface area (Å²) >= 11 is 3.36. The zero-order chi connectivity index (χ0) is 13.9. The van der Waals surface area contributed by atoms with E-state index in [2.05, 4.69) is 27.0 Å². The highest BCUT2D eigenvalue weighted by Crippen LogP contribution is 2.28. The second-order valence-electron chi connectivity index (χ2n) is 4.88. The second kappa shape index (κ2) is 5.75. The number of para-hydroxylation sites is 1. The van der Waals surface area contributed by atoms with Crippen molar-refractivity contribution < 1.29 is 4.79 Å². The van der Waals surface area contributed by atoms with Crippen molar-refractivity contribution in [3.05, 3.63) is 58.3 Å². The van der Waals surface area contributed by atoms with E-state index in [9.17, 15) is 4.79 Å². The summed E-state index contributed by atoms with van der Waals surface area (Å²) in [5.74, 6) is 0.0133. The van der Waals surface area contributed by atoms with Crippen molar-refractivity contribution in [2.24, 2.45) is 0 Å². The summed E-state index contributed by atoms with van der Waals surface area (Å²) in [5, 5.41) is 0. The first-order valence-electron chi connectivity index (χ1n) is 6.77. The van der Waals surface area contributed by atoms with E-state index in [1.807, 2.05) is 29.2 Å². The highest BCUT2D eigenvalue weighted by Gasteiger charge is 2.23. The molecule has 1 aliphatic heterocycles. The number of halogens is 1. The van der Waals surface area contributed by atoms with Crippen LogP contribution >= 0.6 is 15.9 Å². The number of aromatic nitrogens is 1. The maximum atomic E-state index is 12.8. The van der Waals surface area contributed by atoms with Crippen LogP contribution in [-0.4, -0.2) is 17.4 Å². The van der Waals surface area contributed by atoms with Gasteiger partial charge in [0.05, 0.1) is 5.56 Å². The number of hydrogen-bond donors (Lipinski definition) is 0. The van der Waals surface area contributed by atoms with Crippen LogP contribution in [0.3, 0.4) is 0 Å². The first kappa shape index (κ1) is 13.3. The highest BCUT2D eigenvalue weighted by molar-refractivity contribution is 9.10. The molecule has 0 fully saturated rings. The lowest BCUT2D eigenvalue weighted by atomic mass is 10.1. The van der Waals surface area contributed by atoms with Crippen LogP contribution in [0.2, 0.25) is 0 Å². The van der Waals surface area contributed by atoms with E-state index in [1.165, 1.54) is 5.56 Å². The molecule has 2 aromatic rings. The van der Waals surface area contributed by atoms with E-state index < -0.39 is 0 Å². The van der Waals surface area contributed by atoms with E-state index in [4.69, 9.17) is 0 Å². The van der Waals surface area contributed by atoms with Gasteiger partial charge >= 0.3 is 0 Å². The average Bonchev–Trinajstić information content (AvgIpc) is 2.69. The van der Waals surface area contributed by atoms with Crippen LogP contribution in [-0.2, 0) is 6.42 Å². The Labute approximate surface area is 126 Å². The smallest absolute Gasteiger partial charge is 0.261 e. The van der Waals surface area contributed by atoms with Crippen molar-refractivity contribution in [3.8, 4) is 0 Å². The fourth-order valence-corrected chi connectivity index (χ4v) is 3.01. The van der Waals surface area contributed by atoms with Crippen LogP contribution in [0.5, 0.6) is 0 Å². The topological polar surface area (TPSA) is 33.2 Å². The largest absolute Gasteiger partial charge is 0.308 e. The lowest BCUT2D eigenvalue weighted by Crippen LogP contribution is -2.32. The zero-order valence-corrected chi connectivity index (χ0v) is 12.6. The second-order valence-corrected chi connectivity index (χ2v) is 5.64. The summed E-state index contributed by atoms with van der Waals surface area (Å²) in [5.41, 5.74) is 2.90. The van der Waals surface area contributed by atoms with Gasteiger partial charge in [-0.05, 0) is 59.0 Å². The summed E-state index contributed by atoms with van der Waals surface area (Å²) in [6.07, 6.45) is 4.86. The first-order valence-corrected chi connectivity index (χ1v) is 7.57. The Hall–Kier alpha value is -1.68. The summed E-state index contributed by atoms with van der Waals surface area (Å²) in [4.78, 5) is 18.8. The van der Waals surface area contributed by atoms with Gasteiger partial charge in [-0.15, -0.1) is 0 Å². The minimum Gasteiger partial charge on any atom is -0.308 e. The van der Waals surface area contributed by atoms with Gasteiger partial charge in [0.1, 0.15) is 4.60 Å². The SMILES string of the molecule is O=C(c1cccnc1Br)N1CCCCc2ccccc21. The molecule has 1 aromatic heterocycles. The van der Waals surface area contributed by atoms with Gasteiger partial charge in [-0.25, -0.2) is 4.98 Å². The van der Waals surface area contributed by atoms with Gasteiger partial charge < -0.3 is 4.90 Å². The summed E-state index contributed by atoms with van der Waals surface area (Å²) < 4.78 is 0.603. The number of carbonyl (C=O) groups is 1. The van der Waals surface area contributed by atoms with Crippen LogP contribution < -0.4 is 4.90 Å². The lowest BCUT2D eigenvalue weighted by Gasteiger charge is -2.23. The predicted molar refractivity (Wildman–Crippen MR) is 83.0 cm³/mol. The molecule has 0 saturated heterocycles. The van der Waals surface area contributed by atoms with Gasteiger partial charge in [0.2, 0.25) is 0 Å². The van der Waals surface area contributed by atoms with Crippen molar-refractivity contribution in [1.82, 2.24) is 4.98 Å². The summed E-state index contributed by atoms with van der Waals surface area (Å²) in [6, 6.07) is 11.8. The molecule has 0 radical (unpaired) electrons. The minimum atomic E-state index is 0.0133. The molecule has 0 atom stereocenters. The fraction of sp³-hybridized carbons (Fsp3) is 0.250. The number of fused-ring (bicyclic) bond motifs is 1. The molecule has 1 amide bonds. The Morgan fingerprint density at radius 2 is 2.00 bits per heavy atom. The number of anilines is 1. The van der Waals surface area contributed by atoms with Crippen LogP contribution in [0.4, 0.5) is 5.69 Å². The molecule has 0 N–H and O–H groups in total. The lowest BCUT2D eigenvalue weighted by molar-refractivity contribution is 0.0986. The highest BCUT2D eigenvalue weighted by atomic mass is 79.9. The van der Waals surface area contributed by atoms with Gasteiger partial charge in [-0.2, -0.15) is 0 Å². The Bertz CT molecular complexity index is 642. The first-order chi connectivity index (χ1) is 9.77. The van der Waals surface area contributed by atoms with E-state index >= 15 is 0 Å². The number of aryl methyl sites for hydroxylation is 1. The van der Waals surface area contributed by atoms with E-state index in [1.54, 1.807) is 12.3 Å². The van der Waals surface area contributed by atoms with Crippen LogP contribution in [0.25, 0.3) is 0 Å². The third kappa shape index (κ3) is 2.48. The molecule has 1 aliphatic rings. The quantitative estimate of drug-likeness (QED) is 0.744. The van der Waals surface area contributed by atoms with Gasteiger partial charge in [0.15, 0.2) is 0 Å². The number of rotatable bonds is 1. The Balaban J connectivity index is 2.02. The van der Waals surface area contributed by atoms with Crippen LogP contribution in [0.15, 0.2) is 47.2 Å². The number of hydrogen-bond acceptors (Lipinski definition) is 2. The fourth-order valence-electron chi connectivity index (χ4n) is 2.59. The van der Waals surface area contributed by atoms with Crippen molar-refractivity contribution >= 4 is 27.5 Å². The number of amides is 1. The number of benzene rings is 1. The normalized spacial score (nSPS) is 14.6. The van der Waals surface area contributed by atoms with E-state index in [0.717, 1.165) is 31.5 Å². The number of nitrogens with zero attached hydrogens (tertiary/aromatic N) is 2. The third-order valence-corrected chi connectivity index (χ3v) is 4.23. The zero-order valence-electron chi connectivity index (χ0n) is 11.1. The van der Waals surface area contributed by atoms with Crippen molar-refractivity contribution in [1.29, 1.82) is 0 Å². The Morgan fingerprint density at radius 3 is 2.85 bits per heavy atom. The van der Waals surface area contributed by atoms with Gasteiger partial charge in [-0.1, -0.05) is 18.2 Å². The van der Waals surface area contributed by atoms with Crippen LogP contribution in [0.1, 0.15) is 28.8 Å². The van der Waals surface area contributed by atoms with Gasteiger partial charge in [0.25, 0.3) is 5.91 Å². The van der Waals surface area contributed by atoms with E-state index in [0.29, 0.717) is 10.2 Å². The molecule has 3 nitrogen and oxygen atoms in total. The molecule has 102 valence electrons. The molecule has 0 unspecified atom stereocenters. The number of pyridine rings is 1. The molecular formula is C16H15BrN2O. The van der Waals surface area contributed by atoms with Crippen molar-refractivity contribution in [2.75, 3.05) is 11.4 Å². The maximum Gasteiger partial charge on any atom is 0.261 e. The maximum absolute atomic E-state index is 12.8. The Morgan fingerprint density at radius 1 is 1.15 bits per heavy atom. The standard InChI is InChI=1S/C16H15BrN2O/c17-15-13(8-5-10-18-15)16(20)19-11-4-3-7-12-6-1-2-9-14(12)19/h1-2,5-6,8-10H,3-4,7,11H2. The van der Waals surface area contributed by atoms with E-state index in [-0.39, 0.29) is 5.91 Å². The van der Waals surface area contributed by atoms with Gasteiger partial charge in [0, 0.05) is 18.4 Å². The average molecular weight is 331 g/mol. The minimum absolute atomic E-state index is 0.0133. The third-order valence-electron chi connectivity index (χ3n) is 3.59. The predicted octanol–water partition coefficient (Wildman–Crippen LogP) is 3.83. The molecule has 1 aromatic carbocycles. The molecule has 20 heavy (non-hydrogen) atoms. The molecule has 0 saturated carbocycles. The molecule has 0 bridgehead atoms. The molecular weight excluding hydrogens is 316 g/mol.